The van der Waals surface area contributed by atoms with E-state index in [4.69, 9.17) is 23.2 Å². The van der Waals surface area contributed by atoms with Crippen LogP contribution in [-0.4, -0.2) is 45.4 Å². The standard InChI is InChI=1S/C11H17Cl2N3O/c1-3-16-10(8-9(2)14-16)11(17)15(6-4-12)7-5-13/h8H,3-7H2,1-2H3. The molecule has 0 saturated heterocycles. The number of hydrogen-bond acceptors (Lipinski definition) is 2. The molecule has 1 aromatic rings. The van der Waals surface area contributed by atoms with E-state index in [2.05, 4.69) is 5.10 Å². The van der Waals surface area contributed by atoms with Crippen LogP contribution in [0.15, 0.2) is 6.07 Å². The van der Waals surface area contributed by atoms with Gasteiger partial charge in [0.05, 0.1) is 5.69 Å². The molecule has 0 bridgehead atoms. The van der Waals surface area contributed by atoms with Crippen LogP contribution < -0.4 is 0 Å². The predicted octanol–water partition coefficient (Wildman–Crippen LogP) is 2.13. The second-order valence-electron chi connectivity index (χ2n) is 3.66. The Kier molecular flexibility index (Phi) is 5.78. The molecule has 1 rings (SSSR count). The molecule has 17 heavy (non-hydrogen) atoms. The van der Waals surface area contributed by atoms with E-state index in [1.165, 1.54) is 0 Å². The first-order chi connectivity index (χ1) is 8.13. The van der Waals surface area contributed by atoms with Gasteiger partial charge in [-0.25, -0.2) is 0 Å². The molecule has 0 aliphatic carbocycles. The van der Waals surface area contributed by atoms with Crippen LogP contribution in [0.25, 0.3) is 0 Å². The number of carbonyl (C=O) groups is 1. The number of aryl methyl sites for hydroxylation is 2. The quantitative estimate of drug-likeness (QED) is 0.748. The van der Waals surface area contributed by atoms with Crippen LogP contribution in [0.4, 0.5) is 0 Å². The molecule has 0 saturated carbocycles. The number of halogens is 2. The summed E-state index contributed by atoms with van der Waals surface area (Å²) in [6.45, 7) is 5.50. The second-order valence-corrected chi connectivity index (χ2v) is 4.41. The Balaban J connectivity index is 2.91. The molecule has 0 unspecified atom stereocenters. The highest BCUT2D eigenvalue weighted by Gasteiger charge is 2.19. The van der Waals surface area contributed by atoms with Gasteiger partial charge in [0.2, 0.25) is 0 Å². The normalized spacial score (nSPS) is 10.6. The molecule has 0 fully saturated rings. The van der Waals surface area contributed by atoms with Crippen LogP contribution in [-0.2, 0) is 6.54 Å². The van der Waals surface area contributed by atoms with E-state index in [-0.39, 0.29) is 5.91 Å². The molecule has 0 radical (unpaired) electrons. The zero-order valence-corrected chi connectivity index (χ0v) is 11.6. The van der Waals surface area contributed by atoms with Crippen molar-refractivity contribution in [2.24, 2.45) is 0 Å². The maximum absolute atomic E-state index is 12.3. The zero-order chi connectivity index (χ0) is 12.8. The van der Waals surface area contributed by atoms with Crippen molar-refractivity contribution in [3.63, 3.8) is 0 Å². The first kappa shape index (κ1) is 14.3. The summed E-state index contributed by atoms with van der Waals surface area (Å²) >= 11 is 11.4. The van der Waals surface area contributed by atoms with Gasteiger partial charge in [-0.3, -0.25) is 9.48 Å². The highest BCUT2D eigenvalue weighted by Crippen LogP contribution is 2.08. The Morgan fingerprint density at radius 1 is 1.41 bits per heavy atom. The molecule has 0 aliphatic rings. The predicted molar refractivity (Wildman–Crippen MR) is 70.0 cm³/mol. The van der Waals surface area contributed by atoms with Gasteiger partial charge in [-0.05, 0) is 19.9 Å². The Morgan fingerprint density at radius 2 is 2.00 bits per heavy atom. The van der Waals surface area contributed by atoms with Crippen molar-refractivity contribution in [3.05, 3.63) is 17.5 Å². The highest BCUT2D eigenvalue weighted by molar-refractivity contribution is 6.18. The minimum absolute atomic E-state index is 0.0613. The number of nitrogens with zero attached hydrogens (tertiary/aromatic N) is 3. The summed E-state index contributed by atoms with van der Waals surface area (Å²) in [4.78, 5) is 13.9. The Hall–Kier alpha value is -0.740. The number of rotatable bonds is 6. The fraction of sp³-hybridized carbons (Fsp3) is 0.636. The molecule has 1 amide bonds. The topological polar surface area (TPSA) is 38.1 Å². The van der Waals surface area contributed by atoms with Gasteiger partial charge in [0.15, 0.2) is 0 Å². The first-order valence-corrected chi connectivity index (χ1v) is 6.66. The molecule has 4 nitrogen and oxygen atoms in total. The summed E-state index contributed by atoms with van der Waals surface area (Å²) in [6.07, 6.45) is 0. The lowest BCUT2D eigenvalue weighted by Crippen LogP contribution is -2.35. The molecule has 1 heterocycles. The largest absolute Gasteiger partial charge is 0.335 e. The molecule has 0 N–H and O–H groups in total. The number of amides is 1. The van der Waals surface area contributed by atoms with Crippen LogP contribution in [0.2, 0.25) is 0 Å². The van der Waals surface area contributed by atoms with Crippen LogP contribution in [0.3, 0.4) is 0 Å². The van der Waals surface area contributed by atoms with E-state index in [1.54, 1.807) is 15.6 Å². The molecule has 0 aromatic carbocycles. The van der Waals surface area contributed by atoms with E-state index in [1.807, 2.05) is 13.8 Å². The highest BCUT2D eigenvalue weighted by atomic mass is 35.5. The number of carbonyl (C=O) groups excluding carboxylic acids is 1. The monoisotopic (exact) mass is 277 g/mol. The summed E-state index contributed by atoms with van der Waals surface area (Å²) in [6, 6.07) is 1.79. The summed E-state index contributed by atoms with van der Waals surface area (Å²) in [5.74, 6) is 0.748. The molecule has 96 valence electrons. The van der Waals surface area contributed by atoms with Gasteiger partial charge < -0.3 is 4.90 Å². The van der Waals surface area contributed by atoms with Crippen LogP contribution in [0.5, 0.6) is 0 Å². The van der Waals surface area contributed by atoms with Gasteiger partial charge in [0.25, 0.3) is 5.91 Å². The molecule has 6 heteroatoms. The number of alkyl halides is 2. The molecule has 0 aliphatic heterocycles. The molecule has 0 spiro atoms. The molecule has 1 aromatic heterocycles. The Bertz CT molecular complexity index is 373. The average molecular weight is 278 g/mol. The summed E-state index contributed by atoms with van der Waals surface area (Å²) in [7, 11) is 0. The van der Waals surface area contributed by atoms with Crippen molar-refractivity contribution in [2.45, 2.75) is 20.4 Å². The van der Waals surface area contributed by atoms with Crippen LogP contribution >= 0.6 is 23.2 Å². The van der Waals surface area contributed by atoms with Crippen molar-refractivity contribution in [3.8, 4) is 0 Å². The second kappa shape index (κ2) is 6.87. The first-order valence-electron chi connectivity index (χ1n) is 5.59. The maximum atomic E-state index is 12.3. The van der Waals surface area contributed by atoms with E-state index >= 15 is 0 Å². The van der Waals surface area contributed by atoms with Crippen molar-refractivity contribution in [1.82, 2.24) is 14.7 Å². The minimum Gasteiger partial charge on any atom is -0.335 e. The van der Waals surface area contributed by atoms with Gasteiger partial charge in [-0.2, -0.15) is 5.10 Å². The zero-order valence-electron chi connectivity index (χ0n) is 10.1. The Labute approximate surface area is 111 Å². The van der Waals surface area contributed by atoms with Gasteiger partial charge in [0, 0.05) is 31.4 Å². The lowest BCUT2D eigenvalue weighted by molar-refractivity contribution is 0.0762. The summed E-state index contributed by atoms with van der Waals surface area (Å²) in [5.41, 5.74) is 1.44. The lowest BCUT2D eigenvalue weighted by Gasteiger charge is -2.20. The molecule has 0 atom stereocenters. The van der Waals surface area contributed by atoms with Crippen molar-refractivity contribution >= 4 is 29.1 Å². The molecular weight excluding hydrogens is 261 g/mol. The Morgan fingerprint density at radius 3 is 2.47 bits per heavy atom. The third-order valence-corrected chi connectivity index (χ3v) is 2.75. The number of aromatic nitrogens is 2. The maximum Gasteiger partial charge on any atom is 0.272 e. The van der Waals surface area contributed by atoms with Crippen LogP contribution in [0.1, 0.15) is 23.1 Å². The van der Waals surface area contributed by atoms with Crippen LogP contribution in [0, 0.1) is 6.92 Å². The van der Waals surface area contributed by atoms with E-state index < -0.39 is 0 Å². The van der Waals surface area contributed by atoms with E-state index in [0.717, 1.165) is 5.69 Å². The summed E-state index contributed by atoms with van der Waals surface area (Å²) < 4.78 is 1.70. The third kappa shape index (κ3) is 3.61. The van der Waals surface area contributed by atoms with Gasteiger partial charge in [-0.15, -0.1) is 23.2 Å². The van der Waals surface area contributed by atoms with Crippen molar-refractivity contribution in [1.29, 1.82) is 0 Å². The van der Waals surface area contributed by atoms with E-state index in [0.29, 0.717) is 37.1 Å². The van der Waals surface area contributed by atoms with Crippen molar-refractivity contribution in [2.75, 3.05) is 24.8 Å². The van der Waals surface area contributed by atoms with Gasteiger partial charge in [0.1, 0.15) is 5.69 Å². The average Bonchev–Trinajstić information content (AvgIpc) is 2.69. The lowest BCUT2D eigenvalue weighted by atomic mass is 10.3. The van der Waals surface area contributed by atoms with Gasteiger partial charge in [-0.1, -0.05) is 0 Å². The number of hydrogen-bond donors (Lipinski definition) is 0. The molecular formula is C11H17Cl2N3O. The fourth-order valence-electron chi connectivity index (χ4n) is 1.64. The fourth-order valence-corrected chi connectivity index (χ4v) is 2.05. The van der Waals surface area contributed by atoms with E-state index in [9.17, 15) is 4.79 Å². The SMILES string of the molecule is CCn1nc(C)cc1C(=O)N(CCCl)CCCl. The smallest absolute Gasteiger partial charge is 0.272 e. The third-order valence-electron chi connectivity index (χ3n) is 2.42. The van der Waals surface area contributed by atoms with Crippen molar-refractivity contribution < 1.29 is 4.79 Å². The van der Waals surface area contributed by atoms with Gasteiger partial charge >= 0.3 is 0 Å². The minimum atomic E-state index is -0.0613. The summed E-state index contributed by atoms with van der Waals surface area (Å²) in [5, 5.41) is 4.26.